The molecule has 7 heteroatoms. The van der Waals surface area contributed by atoms with Gasteiger partial charge in [0.05, 0.1) is 26.7 Å². The molecule has 0 aliphatic carbocycles. The molecule has 0 spiro atoms. The number of ketones is 1. The van der Waals surface area contributed by atoms with E-state index in [0.717, 1.165) is 7.11 Å². The molecule has 0 bridgehead atoms. The van der Waals surface area contributed by atoms with Crippen molar-refractivity contribution in [3.8, 4) is 0 Å². The third kappa shape index (κ3) is 4.94. The minimum absolute atomic E-state index is 0.282. The highest BCUT2D eigenvalue weighted by atomic mass is 16.5. The van der Waals surface area contributed by atoms with Crippen molar-refractivity contribution in [2.24, 2.45) is 5.92 Å². The van der Waals surface area contributed by atoms with Gasteiger partial charge in [0, 0.05) is 6.92 Å². The van der Waals surface area contributed by atoms with Crippen LogP contribution in [0, 0.1) is 5.92 Å². The summed E-state index contributed by atoms with van der Waals surface area (Å²) in [7, 11) is 2.30. The lowest BCUT2D eigenvalue weighted by Crippen LogP contribution is -2.47. The van der Waals surface area contributed by atoms with Crippen molar-refractivity contribution in [3.05, 3.63) is 0 Å². The molecule has 0 aliphatic rings. The van der Waals surface area contributed by atoms with Gasteiger partial charge in [-0.15, -0.1) is 0 Å². The SMILES string of the molecule is COC(=O)CC(NC(C)=O)C(C(C)=O)C(=O)OC. The zero-order chi connectivity index (χ0) is 14.3. The molecule has 0 aliphatic heterocycles. The Labute approximate surface area is 105 Å². The summed E-state index contributed by atoms with van der Waals surface area (Å²) in [4.78, 5) is 45.2. The summed E-state index contributed by atoms with van der Waals surface area (Å²) < 4.78 is 8.94. The molecular weight excluding hydrogens is 242 g/mol. The Hall–Kier alpha value is -1.92. The average Bonchev–Trinajstić information content (AvgIpc) is 2.27. The first-order valence-corrected chi connectivity index (χ1v) is 5.25. The molecule has 0 aromatic rings. The van der Waals surface area contributed by atoms with E-state index in [-0.39, 0.29) is 6.42 Å². The second kappa shape index (κ2) is 7.41. The van der Waals surface area contributed by atoms with Gasteiger partial charge in [-0.3, -0.25) is 19.2 Å². The van der Waals surface area contributed by atoms with Crippen LogP contribution in [0.2, 0.25) is 0 Å². The fraction of sp³-hybridized carbons (Fsp3) is 0.636. The Balaban J connectivity index is 5.09. The van der Waals surface area contributed by atoms with E-state index >= 15 is 0 Å². The second-order valence-corrected chi connectivity index (χ2v) is 3.70. The van der Waals surface area contributed by atoms with E-state index in [2.05, 4.69) is 14.8 Å². The molecule has 102 valence electrons. The van der Waals surface area contributed by atoms with Gasteiger partial charge in [0.15, 0.2) is 0 Å². The summed E-state index contributed by atoms with van der Waals surface area (Å²) in [6.07, 6.45) is -0.282. The molecule has 0 aromatic heterocycles. The number of esters is 2. The minimum atomic E-state index is -1.22. The first kappa shape index (κ1) is 16.1. The maximum atomic E-state index is 11.5. The van der Waals surface area contributed by atoms with Crippen LogP contribution < -0.4 is 5.32 Å². The molecular formula is C11H17NO6. The summed E-state index contributed by atoms with van der Waals surface area (Å²) in [5.74, 6) is -3.62. The quantitative estimate of drug-likeness (QED) is 0.506. The number of hydrogen-bond acceptors (Lipinski definition) is 6. The van der Waals surface area contributed by atoms with Crippen LogP contribution in [0.3, 0.4) is 0 Å². The van der Waals surface area contributed by atoms with Gasteiger partial charge in [-0.2, -0.15) is 0 Å². The fourth-order valence-electron chi connectivity index (χ4n) is 1.52. The van der Waals surface area contributed by atoms with Crippen molar-refractivity contribution in [2.45, 2.75) is 26.3 Å². The molecule has 0 saturated heterocycles. The van der Waals surface area contributed by atoms with E-state index in [0.29, 0.717) is 0 Å². The van der Waals surface area contributed by atoms with E-state index in [1.54, 1.807) is 0 Å². The number of methoxy groups -OCH3 is 2. The van der Waals surface area contributed by atoms with Crippen molar-refractivity contribution in [2.75, 3.05) is 14.2 Å². The first-order valence-electron chi connectivity index (χ1n) is 5.25. The third-order valence-corrected chi connectivity index (χ3v) is 2.30. The van der Waals surface area contributed by atoms with E-state index in [1.165, 1.54) is 21.0 Å². The van der Waals surface area contributed by atoms with Crippen molar-refractivity contribution in [1.82, 2.24) is 5.32 Å². The summed E-state index contributed by atoms with van der Waals surface area (Å²) in [6, 6.07) is -0.972. The Morgan fingerprint density at radius 1 is 1.06 bits per heavy atom. The van der Waals surface area contributed by atoms with E-state index in [1.807, 2.05) is 0 Å². The Bertz CT molecular complexity index is 351. The predicted octanol–water partition coefficient (Wildman–Crippen LogP) is -0.568. The van der Waals surface area contributed by atoms with Gasteiger partial charge in [0.25, 0.3) is 0 Å². The molecule has 0 fully saturated rings. The van der Waals surface area contributed by atoms with E-state index in [4.69, 9.17) is 0 Å². The number of amides is 1. The smallest absolute Gasteiger partial charge is 0.318 e. The Morgan fingerprint density at radius 2 is 1.61 bits per heavy atom. The first-order chi connectivity index (χ1) is 8.33. The summed E-state index contributed by atoms with van der Waals surface area (Å²) in [5, 5.41) is 2.38. The van der Waals surface area contributed by atoms with Gasteiger partial charge in [0.2, 0.25) is 5.91 Å². The highest BCUT2D eigenvalue weighted by molar-refractivity contribution is 5.99. The maximum Gasteiger partial charge on any atom is 0.318 e. The highest BCUT2D eigenvalue weighted by Crippen LogP contribution is 2.12. The van der Waals surface area contributed by atoms with Crippen LogP contribution >= 0.6 is 0 Å². The minimum Gasteiger partial charge on any atom is -0.469 e. The van der Waals surface area contributed by atoms with Crippen molar-refractivity contribution in [3.63, 3.8) is 0 Å². The van der Waals surface area contributed by atoms with Gasteiger partial charge < -0.3 is 14.8 Å². The monoisotopic (exact) mass is 259 g/mol. The number of carbonyl (C=O) groups excluding carboxylic acids is 4. The molecule has 2 unspecified atom stereocenters. The molecule has 18 heavy (non-hydrogen) atoms. The molecule has 1 N–H and O–H groups in total. The van der Waals surface area contributed by atoms with Crippen molar-refractivity contribution >= 4 is 23.6 Å². The number of carbonyl (C=O) groups is 4. The second-order valence-electron chi connectivity index (χ2n) is 3.70. The number of rotatable bonds is 6. The van der Waals surface area contributed by atoms with Crippen LogP contribution in [-0.4, -0.2) is 43.9 Å². The van der Waals surface area contributed by atoms with E-state index in [9.17, 15) is 19.2 Å². The van der Waals surface area contributed by atoms with Crippen LogP contribution in [0.15, 0.2) is 0 Å². The van der Waals surface area contributed by atoms with Gasteiger partial charge in [0.1, 0.15) is 11.7 Å². The number of ether oxygens (including phenoxy) is 2. The zero-order valence-electron chi connectivity index (χ0n) is 10.8. The Morgan fingerprint density at radius 3 is 1.94 bits per heavy atom. The molecule has 0 aromatic carbocycles. The molecule has 0 heterocycles. The lowest BCUT2D eigenvalue weighted by molar-refractivity contribution is -0.151. The summed E-state index contributed by atoms with van der Waals surface area (Å²) in [5.41, 5.74) is 0. The molecule has 2 atom stereocenters. The number of Topliss-reactive ketones (excluding diaryl/α,β-unsaturated/α-hetero) is 1. The number of hydrogen-bond donors (Lipinski definition) is 1. The average molecular weight is 259 g/mol. The largest absolute Gasteiger partial charge is 0.469 e. The normalized spacial score (nSPS) is 13.1. The van der Waals surface area contributed by atoms with Crippen LogP contribution in [-0.2, 0) is 28.7 Å². The summed E-state index contributed by atoms with van der Waals surface area (Å²) >= 11 is 0. The van der Waals surface area contributed by atoms with Crippen LogP contribution in [0.25, 0.3) is 0 Å². The lowest BCUT2D eigenvalue weighted by atomic mass is 9.93. The molecule has 0 rings (SSSR count). The van der Waals surface area contributed by atoms with Gasteiger partial charge in [-0.1, -0.05) is 0 Å². The molecule has 0 radical (unpaired) electrons. The van der Waals surface area contributed by atoms with Gasteiger partial charge >= 0.3 is 11.9 Å². The predicted molar refractivity (Wildman–Crippen MR) is 60.4 cm³/mol. The Kier molecular flexibility index (Phi) is 6.62. The highest BCUT2D eigenvalue weighted by Gasteiger charge is 2.35. The standard InChI is InChI=1S/C11H17NO6/c1-6(13)10(11(16)18-4)8(12-7(2)14)5-9(15)17-3/h8,10H,5H2,1-4H3,(H,12,14). The van der Waals surface area contributed by atoms with Crippen molar-refractivity contribution < 1.29 is 28.7 Å². The number of nitrogens with one attached hydrogen (secondary N) is 1. The fourth-order valence-corrected chi connectivity index (χ4v) is 1.52. The zero-order valence-corrected chi connectivity index (χ0v) is 10.8. The lowest BCUT2D eigenvalue weighted by Gasteiger charge is -2.22. The molecule has 1 amide bonds. The van der Waals surface area contributed by atoms with Crippen molar-refractivity contribution in [1.29, 1.82) is 0 Å². The van der Waals surface area contributed by atoms with Gasteiger partial charge in [-0.25, -0.2) is 0 Å². The van der Waals surface area contributed by atoms with Crippen LogP contribution in [0.4, 0.5) is 0 Å². The summed E-state index contributed by atoms with van der Waals surface area (Å²) in [6.45, 7) is 2.41. The third-order valence-electron chi connectivity index (χ3n) is 2.30. The van der Waals surface area contributed by atoms with Gasteiger partial charge in [-0.05, 0) is 6.92 Å². The molecule has 0 saturated carbocycles. The van der Waals surface area contributed by atoms with Crippen LogP contribution in [0.1, 0.15) is 20.3 Å². The topological polar surface area (TPSA) is 98.8 Å². The van der Waals surface area contributed by atoms with Crippen LogP contribution in [0.5, 0.6) is 0 Å². The maximum absolute atomic E-state index is 11.5. The van der Waals surface area contributed by atoms with E-state index < -0.39 is 35.6 Å². The molecule has 7 nitrogen and oxygen atoms in total.